The van der Waals surface area contributed by atoms with Crippen LogP contribution in [0.4, 0.5) is 0 Å². The molecule has 4 nitrogen and oxygen atoms in total. The summed E-state index contributed by atoms with van der Waals surface area (Å²) in [6.45, 7) is 7.65. The molecule has 1 aliphatic rings. The van der Waals surface area contributed by atoms with E-state index in [1.807, 2.05) is 27.7 Å². The van der Waals surface area contributed by atoms with Gasteiger partial charge in [-0.2, -0.15) is 10.2 Å². The average Bonchev–Trinajstić information content (AvgIpc) is 2.28. The first-order chi connectivity index (χ1) is 6.38. The summed E-state index contributed by atoms with van der Waals surface area (Å²) in [4.78, 5) is 0. The lowest BCUT2D eigenvalue weighted by Gasteiger charge is -2.32. The molecule has 75 valence electrons. The second-order valence-corrected chi connectivity index (χ2v) is 4.73. The third kappa shape index (κ3) is 0.952. The molecule has 0 unspecified atom stereocenters. The van der Waals surface area contributed by atoms with Gasteiger partial charge < -0.3 is 0 Å². The van der Waals surface area contributed by atoms with Crippen molar-refractivity contribution in [2.75, 3.05) is 0 Å². The maximum absolute atomic E-state index is 12.1. The van der Waals surface area contributed by atoms with Crippen LogP contribution in [0.15, 0.2) is 12.4 Å². The second kappa shape index (κ2) is 2.52. The Morgan fingerprint density at radius 2 is 1.36 bits per heavy atom. The largest absolute Gasteiger partial charge is 0.159 e. The molecule has 0 spiro atoms. The molecule has 4 heteroatoms. The molecule has 0 fully saturated rings. The van der Waals surface area contributed by atoms with Gasteiger partial charge in [0.2, 0.25) is 0 Å². The summed E-state index contributed by atoms with van der Waals surface area (Å²) in [6, 6.07) is 0. The van der Waals surface area contributed by atoms with Gasteiger partial charge in [-0.05, 0) is 27.7 Å². The molecule has 0 aliphatic carbocycles. The van der Waals surface area contributed by atoms with Gasteiger partial charge >= 0.3 is 0 Å². The van der Waals surface area contributed by atoms with E-state index in [1.54, 1.807) is 12.4 Å². The van der Waals surface area contributed by atoms with Crippen LogP contribution in [0.5, 0.6) is 0 Å². The summed E-state index contributed by atoms with van der Waals surface area (Å²) in [5, 5.41) is 20.9. The zero-order valence-electron chi connectivity index (χ0n) is 8.90. The monoisotopic (exact) mass is 192 g/mol. The van der Waals surface area contributed by atoms with Crippen LogP contribution in [-0.4, -0.2) is 15.3 Å². The van der Waals surface area contributed by atoms with Crippen molar-refractivity contribution in [2.45, 2.75) is 38.8 Å². The normalized spacial score (nSPS) is 23.5. The lowest BCUT2D eigenvalue weighted by atomic mass is 9.94. The summed E-state index contributed by atoms with van der Waals surface area (Å²) in [6.07, 6.45) is 3.38. The maximum Gasteiger partial charge on any atom is 0.0715 e. The first kappa shape index (κ1) is 9.55. The summed E-state index contributed by atoms with van der Waals surface area (Å²) >= 11 is 0. The van der Waals surface area contributed by atoms with Gasteiger partial charge in [0, 0.05) is 11.1 Å². The van der Waals surface area contributed by atoms with E-state index < -0.39 is 11.1 Å². The van der Waals surface area contributed by atoms with Crippen LogP contribution in [0.2, 0.25) is 0 Å². The van der Waals surface area contributed by atoms with E-state index in [9.17, 15) is 5.21 Å². The SMILES string of the molecule is CC1(C)c2cnncc2C(C)(C)N1[O]. The van der Waals surface area contributed by atoms with Gasteiger partial charge in [0.05, 0.1) is 23.5 Å². The predicted molar refractivity (Wildman–Crippen MR) is 50.6 cm³/mol. The molecule has 0 saturated heterocycles. The Labute approximate surface area is 83.5 Å². The lowest BCUT2D eigenvalue weighted by molar-refractivity contribution is -0.266. The Kier molecular flexibility index (Phi) is 1.72. The third-order valence-corrected chi connectivity index (χ3v) is 3.06. The van der Waals surface area contributed by atoms with Gasteiger partial charge in [-0.3, -0.25) is 0 Å². The maximum atomic E-state index is 12.1. The van der Waals surface area contributed by atoms with E-state index in [1.165, 1.54) is 0 Å². The van der Waals surface area contributed by atoms with Crippen molar-refractivity contribution in [3.63, 3.8) is 0 Å². The Balaban J connectivity index is 2.70. The van der Waals surface area contributed by atoms with E-state index in [4.69, 9.17) is 0 Å². The highest BCUT2D eigenvalue weighted by Crippen LogP contribution is 2.47. The highest BCUT2D eigenvalue weighted by atomic mass is 16.5. The van der Waals surface area contributed by atoms with E-state index in [0.717, 1.165) is 16.2 Å². The summed E-state index contributed by atoms with van der Waals surface area (Å²) in [7, 11) is 0. The number of hydrogen-bond acceptors (Lipinski definition) is 3. The molecular weight excluding hydrogens is 178 g/mol. The van der Waals surface area contributed by atoms with Gasteiger partial charge in [-0.15, -0.1) is 10.3 Å². The molecular formula is C10H14N3O. The smallest absolute Gasteiger partial charge is 0.0715 e. The molecule has 1 aromatic heterocycles. The Hall–Kier alpha value is -1.00. The van der Waals surface area contributed by atoms with Gasteiger partial charge in [0.1, 0.15) is 0 Å². The highest BCUT2D eigenvalue weighted by Gasteiger charge is 2.50. The van der Waals surface area contributed by atoms with Crippen molar-refractivity contribution < 1.29 is 5.21 Å². The van der Waals surface area contributed by atoms with Crippen molar-refractivity contribution >= 4 is 0 Å². The van der Waals surface area contributed by atoms with E-state index in [-0.39, 0.29) is 0 Å². The van der Waals surface area contributed by atoms with Crippen LogP contribution >= 0.6 is 0 Å². The summed E-state index contributed by atoms with van der Waals surface area (Å²) < 4.78 is 0. The molecule has 1 aliphatic heterocycles. The van der Waals surface area contributed by atoms with E-state index in [0.29, 0.717) is 0 Å². The highest BCUT2D eigenvalue weighted by molar-refractivity contribution is 5.38. The van der Waals surface area contributed by atoms with Gasteiger partial charge in [-0.25, -0.2) is 0 Å². The molecule has 1 aromatic rings. The van der Waals surface area contributed by atoms with Crippen molar-refractivity contribution in [1.29, 1.82) is 0 Å². The minimum atomic E-state index is -0.505. The standard InChI is InChI=1S/C10H14N3O/c1-9(2)7-5-11-12-6-8(7)10(3,4)13(9)14/h5-6H,1-4H3. The molecule has 0 saturated carbocycles. The molecule has 2 heterocycles. The predicted octanol–water partition coefficient (Wildman–Crippen LogP) is 1.61. The molecule has 0 aromatic carbocycles. The fourth-order valence-electron chi connectivity index (χ4n) is 2.21. The van der Waals surface area contributed by atoms with E-state index >= 15 is 0 Å². The van der Waals surface area contributed by atoms with Gasteiger partial charge in [-0.1, -0.05) is 0 Å². The van der Waals surface area contributed by atoms with Crippen LogP contribution in [-0.2, 0) is 16.3 Å². The van der Waals surface area contributed by atoms with E-state index in [2.05, 4.69) is 10.2 Å². The van der Waals surface area contributed by atoms with Gasteiger partial charge in [0.15, 0.2) is 0 Å². The van der Waals surface area contributed by atoms with Crippen molar-refractivity contribution in [1.82, 2.24) is 15.3 Å². The van der Waals surface area contributed by atoms with Crippen LogP contribution in [0.3, 0.4) is 0 Å². The Morgan fingerprint density at radius 3 is 1.71 bits per heavy atom. The summed E-state index contributed by atoms with van der Waals surface area (Å²) in [5.74, 6) is 0. The molecule has 0 amide bonds. The number of rotatable bonds is 0. The molecule has 0 atom stereocenters. The zero-order chi connectivity index (χ0) is 10.6. The minimum absolute atomic E-state index is 0.505. The van der Waals surface area contributed by atoms with Crippen LogP contribution in [0, 0.1) is 0 Å². The minimum Gasteiger partial charge on any atom is -0.159 e. The van der Waals surface area contributed by atoms with Crippen LogP contribution < -0.4 is 0 Å². The topological polar surface area (TPSA) is 48.9 Å². The zero-order valence-corrected chi connectivity index (χ0v) is 8.90. The average molecular weight is 192 g/mol. The fraction of sp³-hybridized carbons (Fsp3) is 0.600. The number of hydrogen-bond donors (Lipinski definition) is 0. The molecule has 0 bridgehead atoms. The van der Waals surface area contributed by atoms with Crippen molar-refractivity contribution in [2.24, 2.45) is 0 Å². The first-order valence-corrected chi connectivity index (χ1v) is 4.67. The van der Waals surface area contributed by atoms with Crippen molar-refractivity contribution in [3.8, 4) is 0 Å². The third-order valence-electron chi connectivity index (χ3n) is 3.06. The second-order valence-electron chi connectivity index (χ2n) is 4.73. The summed E-state index contributed by atoms with van der Waals surface area (Å²) in [5.41, 5.74) is 0.948. The van der Waals surface area contributed by atoms with Crippen molar-refractivity contribution in [3.05, 3.63) is 23.5 Å². The number of fused-ring (bicyclic) bond motifs is 1. The lowest BCUT2D eigenvalue weighted by Crippen LogP contribution is -2.41. The number of aromatic nitrogens is 2. The number of hydroxylamine groups is 2. The number of nitrogens with zero attached hydrogens (tertiary/aromatic N) is 3. The molecule has 1 radical (unpaired) electrons. The quantitative estimate of drug-likeness (QED) is 0.627. The molecule has 0 N–H and O–H groups in total. The van der Waals surface area contributed by atoms with Crippen LogP contribution in [0.1, 0.15) is 38.8 Å². The Morgan fingerprint density at radius 1 is 1.00 bits per heavy atom. The first-order valence-electron chi connectivity index (χ1n) is 4.67. The van der Waals surface area contributed by atoms with Crippen LogP contribution in [0.25, 0.3) is 0 Å². The molecule has 14 heavy (non-hydrogen) atoms. The Bertz CT molecular complexity index is 338. The fourth-order valence-corrected chi connectivity index (χ4v) is 2.21. The molecule has 2 rings (SSSR count). The van der Waals surface area contributed by atoms with Gasteiger partial charge in [0.25, 0.3) is 0 Å².